The molecule has 0 saturated carbocycles. The first kappa shape index (κ1) is 20.3. The zero-order chi connectivity index (χ0) is 21.8. The molecule has 0 bridgehead atoms. The Bertz CT molecular complexity index is 1260. The van der Waals surface area contributed by atoms with Gasteiger partial charge < -0.3 is 10.6 Å². The summed E-state index contributed by atoms with van der Waals surface area (Å²) in [4.78, 5) is 38.0. The molecule has 0 saturated heterocycles. The Hall–Kier alpha value is -4.01. The number of H-pyrrole nitrogens is 1. The molecule has 9 nitrogen and oxygen atoms in total. The van der Waals surface area contributed by atoms with E-state index >= 15 is 0 Å². The van der Waals surface area contributed by atoms with Gasteiger partial charge in [-0.2, -0.15) is 9.50 Å². The fraction of sp³-hybridized carbons (Fsp3) is 0.227. The molecule has 1 amide bonds. The summed E-state index contributed by atoms with van der Waals surface area (Å²) >= 11 is 0. The van der Waals surface area contributed by atoms with Crippen LogP contribution in [0, 0.1) is 13.8 Å². The maximum atomic E-state index is 12.9. The van der Waals surface area contributed by atoms with Crippen LogP contribution in [0.4, 0.5) is 11.8 Å². The largest absolute Gasteiger partial charge is 0.351 e. The van der Waals surface area contributed by atoms with Gasteiger partial charge in [0.1, 0.15) is 5.82 Å². The summed E-state index contributed by atoms with van der Waals surface area (Å²) in [5.74, 6) is 1.00. The van der Waals surface area contributed by atoms with E-state index < -0.39 is 0 Å². The van der Waals surface area contributed by atoms with Gasteiger partial charge in [-0.3, -0.25) is 14.7 Å². The first-order valence-corrected chi connectivity index (χ1v) is 9.98. The molecule has 31 heavy (non-hydrogen) atoms. The zero-order valence-corrected chi connectivity index (χ0v) is 17.3. The van der Waals surface area contributed by atoms with E-state index in [1.54, 1.807) is 31.3 Å². The van der Waals surface area contributed by atoms with Crippen molar-refractivity contribution in [1.29, 1.82) is 0 Å². The number of amides is 1. The number of nitrogens with zero attached hydrogens (tertiary/aromatic N) is 4. The highest BCUT2D eigenvalue weighted by Crippen LogP contribution is 2.10. The number of pyridine rings is 1. The van der Waals surface area contributed by atoms with E-state index in [-0.39, 0.29) is 30.1 Å². The van der Waals surface area contributed by atoms with Crippen molar-refractivity contribution in [2.45, 2.75) is 33.2 Å². The zero-order valence-electron chi connectivity index (χ0n) is 17.3. The number of fused-ring (bicyclic) bond motifs is 1. The van der Waals surface area contributed by atoms with Crippen LogP contribution in [0.2, 0.25) is 0 Å². The smallest absolute Gasteiger partial charge is 0.277 e. The van der Waals surface area contributed by atoms with E-state index in [4.69, 9.17) is 0 Å². The number of aromatic amines is 1. The van der Waals surface area contributed by atoms with Gasteiger partial charge in [0, 0.05) is 24.7 Å². The third kappa shape index (κ3) is 4.77. The molecule has 4 aromatic rings. The van der Waals surface area contributed by atoms with Gasteiger partial charge >= 0.3 is 0 Å². The van der Waals surface area contributed by atoms with Crippen molar-refractivity contribution in [3.05, 3.63) is 81.4 Å². The van der Waals surface area contributed by atoms with E-state index in [2.05, 4.69) is 30.7 Å². The Morgan fingerprint density at radius 1 is 1.10 bits per heavy atom. The number of nitrogens with one attached hydrogen (secondary N) is 3. The molecule has 3 aromatic heterocycles. The quantitative estimate of drug-likeness (QED) is 0.426. The summed E-state index contributed by atoms with van der Waals surface area (Å²) in [5.41, 5.74) is 3.07. The van der Waals surface area contributed by atoms with Crippen molar-refractivity contribution >= 4 is 23.5 Å². The van der Waals surface area contributed by atoms with Gasteiger partial charge in [0.05, 0.1) is 5.69 Å². The van der Waals surface area contributed by atoms with Crippen molar-refractivity contribution in [3.63, 3.8) is 0 Å². The molecule has 0 unspecified atom stereocenters. The van der Waals surface area contributed by atoms with Crippen molar-refractivity contribution in [1.82, 2.24) is 24.6 Å². The number of rotatable bonds is 7. The molecule has 4 rings (SSSR count). The summed E-state index contributed by atoms with van der Waals surface area (Å²) in [6, 6.07) is 13.4. The number of hydrogen-bond acceptors (Lipinski definition) is 6. The van der Waals surface area contributed by atoms with Gasteiger partial charge in [0.25, 0.3) is 11.3 Å². The predicted octanol–water partition coefficient (Wildman–Crippen LogP) is 2.61. The molecule has 0 radical (unpaired) electrons. The van der Waals surface area contributed by atoms with Crippen molar-refractivity contribution in [2.24, 2.45) is 0 Å². The van der Waals surface area contributed by atoms with Crippen LogP contribution in [0.15, 0.2) is 53.5 Å². The lowest BCUT2D eigenvalue weighted by atomic mass is 10.1. The highest BCUT2D eigenvalue weighted by atomic mass is 16.1. The molecule has 0 aliphatic rings. The van der Waals surface area contributed by atoms with Gasteiger partial charge in [-0.15, -0.1) is 0 Å². The number of carbonyl (C=O) groups excluding carboxylic acids is 1. The van der Waals surface area contributed by atoms with Gasteiger partial charge in [-0.25, -0.2) is 9.97 Å². The molecule has 3 N–H and O–H groups in total. The Morgan fingerprint density at radius 2 is 1.90 bits per heavy atom. The average molecular weight is 417 g/mol. The SMILES string of the molecule is Cc1ccc(CNc2nc3nc(C)c(CCC(=O)Nc4ccccn4)c(=O)n3[nH]2)cc1. The maximum absolute atomic E-state index is 12.9. The van der Waals surface area contributed by atoms with Gasteiger partial charge in [-0.1, -0.05) is 35.9 Å². The van der Waals surface area contributed by atoms with Gasteiger partial charge in [0.2, 0.25) is 11.9 Å². The molecule has 3 heterocycles. The second-order valence-electron chi connectivity index (χ2n) is 7.29. The Morgan fingerprint density at radius 3 is 2.65 bits per heavy atom. The third-order valence-electron chi connectivity index (χ3n) is 4.91. The first-order valence-electron chi connectivity index (χ1n) is 9.98. The molecule has 158 valence electrons. The van der Waals surface area contributed by atoms with Crippen LogP contribution in [-0.2, 0) is 17.8 Å². The van der Waals surface area contributed by atoms with Crippen LogP contribution in [0.3, 0.4) is 0 Å². The molecule has 0 atom stereocenters. The van der Waals surface area contributed by atoms with Gasteiger partial charge in [0.15, 0.2) is 0 Å². The molecule has 0 aliphatic carbocycles. The number of carbonyl (C=O) groups is 1. The fourth-order valence-corrected chi connectivity index (χ4v) is 3.19. The lowest BCUT2D eigenvalue weighted by Crippen LogP contribution is -2.23. The number of anilines is 2. The van der Waals surface area contributed by atoms with E-state index in [0.717, 1.165) is 5.56 Å². The molecular weight excluding hydrogens is 394 g/mol. The van der Waals surface area contributed by atoms with E-state index in [9.17, 15) is 9.59 Å². The summed E-state index contributed by atoms with van der Waals surface area (Å²) in [5, 5.41) is 8.84. The fourth-order valence-electron chi connectivity index (χ4n) is 3.19. The Labute approximate surface area is 178 Å². The standard InChI is InChI=1S/C22H23N7O2/c1-14-6-8-16(9-7-14)13-24-21-27-22-25-15(2)17(20(31)29(22)28-21)10-11-19(30)26-18-5-3-4-12-23-18/h3-9,12H,10-11,13H2,1-2H3,(H,23,26,30)(H2,24,25,27,28). The number of hydrogen-bond donors (Lipinski definition) is 3. The minimum atomic E-state index is -0.260. The lowest BCUT2D eigenvalue weighted by Gasteiger charge is -2.06. The number of benzene rings is 1. The highest BCUT2D eigenvalue weighted by molar-refractivity contribution is 5.89. The average Bonchev–Trinajstić information content (AvgIpc) is 3.17. The summed E-state index contributed by atoms with van der Waals surface area (Å²) < 4.78 is 1.30. The van der Waals surface area contributed by atoms with Crippen LogP contribution < -0.4 is 16.2 Å². The Balaban J connectivity index is 1.46. The minimum absolute atomic E-state index is 0.146. The second-order valence-corrected chi connectivity index (χ2v) is 7.29. The molecular formula is C22H23N7O2. The van der Waals surface area contributed by atoms with E-state index in [0.29, 0.717) is 29.6 Å². The number of aryl methyl sites for hydroxylation is 2. The lowest BCUT2D eigenvalue weighted by molar-refractivity contribution is -0.116. The molecule has 9 heteroatoms. The third-order valence-corrected chi connectivity index (χ3v) is 4.91. The highest BCUT2D eigenvalue weighted by Gasteiger charge is 2.15. The van der Waals surface area contributed by atoms with Crippen LogP contribution in [0.5, 0.6) is 0 Å². The molecule has 0 fully saturated rings. The van der Waals surface area contributed by atoms with E-state index in [1.807, 2.05) is 31.2 Å². The number of aromatic nitrogens is 5. The molecule has 0 spiro atoms. The molecule has 1 aromatic carbocycles. The minimum Gasteiger partial charge on any atom is -0.351 e. The van der Waals surface area contributed by atoms with Crippen molar-refractivity contribution < 1.29 is 4.79 Å². The second kappa shape index (κ2) is 8.78. The van der Waals surface area contributed by atoms with E-state index in [1.165, 1.54) is 10.1 Å². The van der Waals surface area contributed by atoms with Crippen LogP contribution >= 0.6 is 0 Å². The van der Waals surface area contributed by atoms with Crippen LogP contribution in [-0.4, -0.2) is 30.5 Å². The molecule has 0 aliphatic heterocycles. The maximum Gasteiger partial charge on any atom is 0.277 e. The normalized spacial score (nSPS) is 10.9. The summed E-state index contributed by atoms with van der Waals surface area (Å²) in [6.45, 7) is 4.35. The summed E-state index contributed by atoms with van der Waals surface area (Å²) in [6.07, 6.45) is 2.02. The predicted molar refractivity (Wildman–Crippen MR) is 118 cm³/mol. The first-order chi connectivity index (χ1) is 15.0. The van der Waals surface area contributed by atoms with Gasteiger partial charge in [-0.05, 0) is 38.0 Å². The van der Waals surface area contributed by atoms with Crippen LogP contribution in [0.1, 0.15) is 28.8 Å². The Kier molecular flexibility index (Phi) is 5.74. The van der Waals surface area contributed by atoms with Crippen molar-refractivity contribution in [2.75, 3.05) is 10.6 Å². The monoisotopic (exact) mass is 417 g/mol. The van der Waals surface area contributed by atoms with Crippen LogP contribution in [0.25, 0.3) is 5.78 Å². The van der Waals surface area contributed by atoms with Crippen molar-refractivity contribution in [3.8, 4) is 0 Å². The topological polar surface area (TPSA) is 117 Å². The summed E-state index contributed by atoms with van der Waals surface area (Å²) in [7, 11) is 0.